The molecule has 0 amide bonds. The van der Waals surface area contributed by atoms with Gasteiger partial charge < -0.3 is 52.3 Å². The monoisotopic (exact) mass is 504 g/mol. The van der Waals surface area contributed by atoms with Gasteiger partial charge in [-0.1, -0.05) is 12.2 Å². The van der Waals surface area contributed by atoms with E-state index in [1.54, 1.807) is 0 Å². The first-order chi connectivity index (χ1) is 16.9. The van der Waals surface area contributed by atoms with Gasteiger partial charge in [-0.2, -0.15) is 0 Å². The third-order valence-corrected chi connectivity index (χ3v) is 4.56. The molecule has 0 aromatic carbocycles. The molecular formula is C24H40O11. The van der Waals surface area contributed by atoms with Crippen LogP contribution in [0.1, 0.15) is 13.8 Å². The molecule has 35 heavy (non-hydrogen) atoms. The fraction of sp³-hybridized carbons (Fsp3) is 0.750. The zero-order valence-corrected chi connectivity index (χ0v) is 20.9. The average Bonchev–Trinajstić information content (AvgIpc) is 2.83. The van der Waals surface area contributed by atoms with Crippen LogP contribution in [0.25, 0.3) is 0 Å². The predicted octanol–water partition coefficient (Wildman–Crippen LogP) is 0.467. The topological polar surface area (TPSA) is 133 Å². The van der Waals surface area contributed by atoms with Crippen LogP contribution in [0.5, 0.6) is 0 Å². The van der Waals surface area contributed by atoms with Gasteiger partial charge >= 0.3 is 0 Å². The van der Waals surface area contributed by atoms with Crippen LogP contribution in [0, 0.1) is 10.8 Å². The van der Waals surface area contributed by atoms with Crippen LogP contribution in [0.3, 0.4) is 0 Å². The minimum absolute atomic E-state index is 0.0720. The largest absolute Gasteiger partial charge is 0.381 e. The maximum absolute atomic E-state index is 10.8. The molecule has 0 radical (unpaired) electrons. The molecule has 202 valence electrons. The molecule has 0 unspecified atom stereocenters. The Morgan fingerprint density at radius 3 is 1.20 bits per heavy atom. The zero-order valence-electron chi connectivity index (χ0n) is 20.9. The van der Waals surface area contributed by atoms with Gasteiger partial charge in [-0.05, 0) is 13.8 Å². The van der Waals surface area contributed by atoms with Crippen molar-refractivity contribution in [2.24, 2.45) is 10.8 Å². The number of hydrogen-bond donors (Lipinski definition) is 0. The third kappa shape index (κ3) is 16.4. The first kappa shape index (κ1) is 33.1. The van der Waals surface area contributed by atoms with Crippen LogP contribution in [-0.2, 0) is 52.3 Å². The van der Waals surface area contributed by atoms with Crippen molar-refractivity contribution < 1.29 is 52.3 Å². The van der Waals surface area contributed by atoms with E-state index in [1.165, 1.54) is 0 Å². The lowest BCUT2D eigenvalue weighted by Gasteiger charge is -2.36. The molecule has 0 aromatic rings. The van der Waals surface area contributed by atoms with Gasteiger partial charge in [0.15, 0.2) is 0 Å². The summed E-state index contributed by atoms with van der Waals surface area (Å²) in [6.07, 6.45) is 2.54. The molecule has 11 nitrogen and oxygen atoms in total. The van der Waals surface area contributed by atoms with Gasteiger partial charge in [-0.25, -0.2) is 0 Å². The van der Waals surface area contributed by atoms with Crippen molar-refractivity contribution in [1.29, 1.82) is 0 Å². The molecule has 0 fully saturated rings. The molecule has 0 saturated carbocycles. The number of rotatable bonds is 27. The van der Waals surface area contributed by atoms with Crippen molar-refractivity contribution >= 4 is 25.1 Å². The van der Waals surface area contributed by atoms with Gasteiger partial charge in [-0.3, -0.25) is 0 Å². The molecule has 0 N–H and O–H groups in total. The fourth-order valence-corrected chi connectivity index (χ4v) is 3.04. The van der Waals surface area contributed by atoms with E-state index in [-0.39, 0.29) is 79.3 Å². The second-order valence-electron chi connectivity index (χ2n) is 8.31. The Morgan fingerprint density at radius 1 is 0.571 bits per heavy atom. The van der Waals surface area contributed by atoms with E-state index in [0.717, 1.165) is 5.57 Å². The SMILES string of the molecule is C=C(C)COCC(COCC=O)(COCC=O)COCC(COCC)(COCC=O)COCC=O. The van der Waals surface area contributed by atoms with E-state index < -0.39 is 10.8 Å². The summed E-state index contributed by atoms with van der Waals surface area (Å²) in [4.78, 5) is 43.1. The van der Waals surface area contributed by atoms with Crippen LogP contribution in [0.2, 0.25) is 0 Å². The minimum Gasteiger partial charge on any atom is -0.381 e. The first-order valence-electron chi connectivity index (χ1n) is 11.4. The molecule has 0 aliphatic rings. The van der Waals surface area contributed by atoms with Gasteiger partial charge in [0, 0.05) is 6.61 Å². The summed E-state index contributed by atoms with van der Waals surface area (Å²) in [6.45, 7) is 8.59. The van der Waals surface area contributed by atoms with Gasteiger partial charge in [0.05, 0.1) is 70.3 Å². The molecule has 0 atom stereocenters. The summed E-state index contributed by atoms with van der Waals surface area (Å²) in [5.74, 6) is 0. The van der Waals surface area contributed by atoms with Gasteiger partial charge in [-0.15, -0.1) is 0 Å². The number of hydrogen-bond acceptors (Lipinski definition) is 11. The van der Waals surface area contributed by atoms with Gasteiger partial charge in [0.25, 0.3) is 0 Å². The molecule has 0 spiro atoms. The second kappa shape index (κ2) is 21.4. The Balaban J connectivity index is 5.59. The maximum Gasteiger partial charge on any atom is 0.145 e. The lowest BCUT2D eigenvalue weighted by molar-refractivity contribution is -0.146. The van der Waals surface area contributed by atoms with E-state index in [1.807, 2.05) is 13.8 Å². The molecule has 11 heteroatoms. The normalized spacial score (nSPS) is 11.8. The van der Waals surface area contributed by atoms with Crippen molar-refractivity contribution in [2.75, 3.05) is 92.5 Å². The summed E-state index contributed by atoms with van der Waals surface area (Å²) in [5.41, 5.74) is -0.830. The van der Waals surface area contributed by atoms with Gasteiger partial charge in [0.1, 0.15) is 51.6 Å². The highest BCUT2D eigenvalue weighted by molar-refractivity contribution is 5.51. The molecule has 0 aliphatic heterocycles. The minimum atomic E-state index is -0.841. The number of carbonyl (C=O) groups excluding carboxylic acids is 4. The standard InChI is InChI=1S/C24H40O11/c1-4-29-14-23(15-30-9-5-25,16-31-10-6-26)20-35-21-24(17-32-11-7-27,18-33-12-8-28)19-34-13-22(2)3/h5-8H,2,4,9-21H2,1,3H3. The van der Waals surface area contributed by atoms with E-state index >= 15 is 0 Å². The van der Waals surface area contributed by atoms with Crippen LogP contribution in [0.15, 0.2) is 12.2 Å². The molecule has 0 aromatic heterocycles. The lowest BCUT2D eigenvalue weighted by atomic mass is 9.90. The van der Waals surface area contributed by atoms with Crippen LogP contribution >= 0.6 is 0 Å². The Kier molecular flexibility index (Phi) is 20.3. The average molecular weight is 505 g/mol. The van der Waals surface area contributed by atoms with Gasteiger partial charge in [0.2, 0.25) is 0 Å². The molecule has 0 saturated heterocycles. The quantitative estimate of drug-likeness (QED) is 0.0878. The molecule has 0 rings (SSSR count). The summed E-state index contributed by atoms with van der Waals surface area (Å²) in [6, 6.07) is 0. The lowest BCUT2D eigenvalue weighted by Crippen LogP contribution is -2.46. The van der Waals surface area contributed by atoms with E-state index in [4.69, 9.17) is 33.2 Å². The van der Waals surface area contributed by atoms with Crippen molar-refractivity contribution in [3.8, 4) is 0 Å². The van der Waals surface area contributed by atoms with E-state index in [2.05, 4.69) is 6.58 Å². The molecule has 0 bridgehead atoms. The third-order valence-electron chi connectivity index (χ3n) is 4.56. The summed E-state index contributed by atoms with van der Waals surface area (Å²) in [5, 5.41) is 0. The number of aldehydes is 4. The van der Waals surface area contributed by atoms with Crippen LogP contribution in [0.4, 0.5) is 0 Å². The summed E-state index contributed by atoms with van der Waals surface area (Å²) in [7, 11) is 0. The van der Waals surface area contributed by atoms with Crippen molar-refractivity contribution in [3.05, 3.63) is 12.2 Å². The maximum atomic E-state index is 10.8. The fourth-order valence-electron chi connectivity index (χ4n) is 3.04. The Bertz CT molecular complexity index is 566. The highest BCUT2D eigenvalue weighted by Gasteiger charge is 2.36. The Hall–Kier alpha value is -1.86. The smallest absolute Gasteiger partial charge is 0.145 e. The zero-order chi connectivity index (χ0) is 26.3. The van der Waals surface area contributed by atoms with E-state index in [0.29, 0.717) is 38.4 Å². The second-order valence-corrected chi connectivity index (χ2v) is 8.31. The highest BCUT2D eigenvalue weighted by Crippen LogP contribution is 2.25. The Morgan fingerprint density at radius 2 is 0.886 bits per heavy atom. The van der Waals surface area contributed by atoms with Crippen LogP contribution in [-0.4, -0.2) is 118 Å². The molecule has 0 heterocycles. The van der Waals surface area contributed by atoms with Crippen molar-refractivity contribution in [1.82, 2.24) is 0 Å². The first-order valence-corrected chi connectivity index (χ1v) is 11.4. The van der Waals surface area contributed by atoms with E-state index in [9.17, 15) is 19.2 Å². The summed E-state index contributed by atoms with van der Waals surface area (Å²) < 4.78 is 39.3. The predicted molar refractivity (Wildman–Crippen MR) is 125 cm³/mol. The molecular weight excluding hydrogens is 464 g/mol. The highest BCUT2D eigenvalue weighted by atomic mass is 16.5. The van der Waals surface area contributed by atoms with Crippen molar-refractivity contribution in [2.45, 2.75) is 13.8 Å². The van der Waals surface area contributed by atoms with Crippen molar-refractivity contribution in [3.63, 3.8) is 0 Å². The molecule has 0 aliphatic carbocycles. The number of ether oxygens (including phenoxy) is 7. The summed E-state index contributed by atoms with van der Waals surface area (Å²) >= 11 is 0. The number of carbonyl (C=O) groups is 4. The Labute approximate surface area is 207 Å². The van der Waals surface area contributed by atoms with Crippen LogP contribution < -0.4 is 0 Å².